The van der Waals surface area contributed by atoms with E-state index in [0.29, 0.717) is 42.6 Å². The number of hydrogen-bond donors (Lipinski definition) is 0. The van der Waals surface area contributed by atoms with Crippen molar-refractivity contribution in [2.24, 2.45) is 0 Å². The van der Waals surface area contributed by atoms with Crippen molar-refractivity contribution in [3.8, 4) is 17.2 Å². The van der Waals surface area contributed by atoms with Crippen molar-refractivity contribution in [1.82, 2.24) is 4.90 Å². The fraction of sp³-hybridized carbons (Fsp3) is 0.353. The number of benzene rings is 1. The van der Waals surface area contributed by atoms with Crippen molar-refractivity contribution in [2.45, 2.75) is 20.8 Å². The summed E-state index contributed by atoms with van der Waals surface area (Å²) in [5.74, 6) is 1.42. The molecule has 23 heavy (non-hydrogen) atoms. The lowest BCUT2D eigenvalue weighted by Gasteiger charge is -2.19. The van der Waals surface area contributed by atoms with Gasteiger partial charge in [-0.3, -0.25) is 9.69 Å². The Kier molecular flexibility index (Phi) is 6.40. The van der Waals surface area contributed by atoms with Crippen LogP contribution in [0.5, 0.6) is 17.2 Å². The number of ether oxygens (including phenoxy) is 3. The maximum Gasteiger partial charge on any atom is 0.262 e. The summed E-state index contributed by atoms with van der Waals surface area (Å²) >= 11 is 1.52. The molecule has 0 spiro atoms. The quantitative estimate of drug-likeness (QED) is 0.753. The zero-order valence-corrected chi connectivity index (χ0v) is 14.4. The van der Waals surface area contributed by atoms with Crippen LogP contribution >= 0.6 is 11.8 Å². The molecular formula is C17H21NO4S. The fourth-order valence-electron chi connectivity index (χ4n) is 2.09. The zero-order chi connectivity index (χ0) is 16.7. The van der Waals surface area contributed by atoms with E-state index in [0.717, 1.165) is 0 Å². The smallest absolute Gasteiger partial charge is 0.262 e. The molecule has 1 heterocycles. The number of thioether (sulfide) groups is 1. The summed E-state index contributed by atoms with van der Waals surface area (Å²) < 4.78 is 16.9. The third kappa shape index (κ3) is 4.22. The van der Waals surface area contributed by atoms with Crippen molar-refractivity contribution in [1.29, 1.82) is 0 Å². The van der Waals surface area contributed by atoms with Crippen LogP contribution < -0.4 is 14.2 Å². The summed E-state index contributed by atoms with van der Waals surface area (Å²) in [6, 6.07) is 3.39. The summed E-state index contributed by atoms with van der Waals surface area (Å²) in [4.78, 5) is 14.2. The molecule has 0 atom stereocenters. The Morgan fingerprint density at radius 2 is 1.48 bits per heavy atom. The van der Waals surface area contributed by atoms with Crippen LogP contribution in [0, 0.1) is 0 Å². The second-order valence-electron chi connectivity index (χ2n) is 4.52. The molecule has 0 fully saturated rings. The number of nitrogens with zero attached hydrogens (tertiary/aromatic N) is 1. The second kappa shape index (κ2) is 8.53. The van der Waals surface area contributed by atoms with Gasteiger partial charge in [0, 0.05) is 18.0 Å². The molecule has 0 saturated heterocycles. The van der Waals surface area contributed by atoms with Gasteiger partial charge >= 0.3 is 0 Å². The first-order valence-electron chi connectivity index (χ1n) is 7.59. The number of carbonyl (C=O) groups excluding carboxylic acids is 1. The molecule has 0 aliphatic carbocycles. The molecule has 0 unspecified atom stereocenters. The monoisotopic (exact) mass is 335 g/mol. The van der Waals surface area contributed by atoms with Crippen LogP contribution in [0.15, 0.2) is 35.3 Å². The summed E-state index contributed by atoms with van der Waals surface area (Å²) in [6.07, 6.45) is 3.45. The minimum Gasteiger partial charge on any atom is -0.490 e. The van der Waals surface area contributed by atoms with Crippen molar-refractivity contribution in [3.05, 3.63) is 40.9 Å². The van der Waals surface area contributed by atoms with Gasteiger partial charge in [-0.2, -0.15) is 0 Å². The molecule has 1 aromatic carbocycles. The zero-order valence-electron chi connectivity index (χ0n) is 13.6. The molecule has 1 aliphatic rings. The number of amides is 1. The van der Waals surface area contributed by atoms with Crippen LogP contribution in [0.2, 0.25) is 0 Å². The van der Waals surface area contributed by atoms with Gasteiger partial charge in [0.1, 0.15) is 0 Å². The van der Waals surface area contributed by atoms with E-state index in [2.05, 4.69) is 0 Å². The fourth-order valence-corrected chi connectivity index (χ4v) is 2.59. The van der Waals surface area contributed by atoms with Crippen LogP contribution in [0.1, 0.15) is 31.1 Å². The highest BCUT2D eigenvalue weighted by molar-refractivity contribution is 8.04. The molecule has 1 aromatic rings. The third-order valence-corrected chi connectivity index (χ3v) is 3.55. The predicted octanol–water partition coefficient (Wildman–Crippen LogP) is 4.01. The van der Waals surface area contributed by atoms with Crippen LogP contribution in [-0.4, -0.2) is 30.6 Å². The molecule has 124 valence electrons. The molecule has 0 saturated carbocycles. The van der Waals surface area contributed by atoms with E-state index in [9.17, 15) is 4.79 Å². The predicted molar refractivity (Wildman–Crippen MR) is 92.0 cm³/mol. The van der Waals surface area contributed by atoms with Crippen LogP contribution in [-0.2, 0) is 0 Å². The Labute approximate surface area is 140 Å². The summed E-state index contributed by atoms with van der Waals surface area (Å²) in [7, 11) is 0. The van der Waals surface area contributed by atoms with E-state index < -0.39 is 0 Å². The Morgan fingerprint density at radius 1 is 0.957 bits per heavy atom. The van der Waals surface area contributed by atoms with Crippen LogP contribution in [0.25, 0.3) is 0 Å². The molecular weight excluding hydrogens is 314 g/mol. The number of carbonyl (C=O) groups is 1. The van der Waals surface area contributed by atoms with Crippen LogP contribution in [0.3, 0.4) is 0 Å². The van der Waals surface area contributed by atoms with E-state index in [1.807, 2.05) is 31.6 Å². The Morgan fingerprint density at radius 3 is 1.96 bits per heavy atom. The van der Waals surface area contributed by atoms with E-state index in [4.69, 9.17) is 14.2 Å². The van der Waals surface area contributed by atoms with Gasteiger partial charge in [0.05, 0.1) is 19.8 Å². The molecule has 0 radical (unpaired) electrons. The van der Waals surface area contributed by atoms with Gasteiger partial charge in [0.15, 0.2) is 11.5 Å². The first-order valence-corrected chi connectivity index (χ1v) is 8.53. The topological polar surface area (TPSA) is 48.0 Å². The highest BCUT2D eigenvalue weighted by Crippen LogP contribution is 2.39. The number of rotatable bonds is 7. The van der Waals surface area contributed by atoms with Gasteiger partial charge in [-0.05, 0) is 43.7 Å². The normalized spacial score (nSPS) is 13.1. The Hall–Kier alpha value is -2.08. The van der Waals surface area contributed by atoms with Gasteiger partial charge < -0.3 is 14.2 Å². The minimum absolute atomic E-state index is 0.150. The van der Waals surface area contributed by atoms with Gasteiger partial charge in [-0.1, -0.05) is 0 Å². The van der Waals surface area contributed by atoms with Gasteiger partial charge in [0.25, 0.3) is 5.91 Å². The molecule has 1 aliphatic heterocycles. The average molecular weight is 335 g/mol. The average Bonchev–Trinajstić information content (AvgIpc) is 2.58. The molecule has 0 bridgehead atoms. The van der Waals surface area contributed by atoms with Gasteiger partial charge in [0.2, 0.25) is 5.75 Å². The molecule has 2 rings (SSSR count). The summed E-state index contributed by atoms with van der Waals surface area (Å²) in [6.45, 7) is 7.11. The maximum absolute atomic E-state index is 12.6. The lowest BCUT2D eigenvalue weighted by Crippen LogP contribution is -2.21. The Bertz CT molecular complexity index is 574. The highest BCUT2D eigenvalue weighted by atomic mass is 32.2. The van der Waals surface area contributed by atoms with E-state index in [1.165, 1.54) is 16.7 Å². The molecule has 6 heteroatoms. The first kappa shape index (κ1) is 17.3. The van der Waals surface area contributed by atoms with Crippen molar-refractivity contribution < 1.29 is 19.0 Å². The maximum atomic E-state index is 12.6. The van der Waals surface area contributed by atoms with Crippen molar-refractivity contribution in [2.75, 3.05) is 19.8 Å². The van der Waals surface area contributed by atoms with E-state index in [1.54, 1.807) is 24.5 Å². The third-order valence-electron chi connectivity index (χ3n) is 2.99. The largest absolute Gasteiger partial charge is 0.490 e. The molecule has 1 amide bonds. The van der Waals surface area contributed by atoms with E-state index >= 15 is 0 Å². The first-order chi connectivity index (χ1) is 11.2. The lowest BCUT2D eigenvalue weighted by molar-refractivity contribution is 0.0868. The summed E-state index contributed by atoms with van der Waals surface area (Å²) in [5, 5.41) is 3.69. The molecule has 5 nitrogen and oxygen atoms in total. The van der Waals surface area contributed by atoms with E-state index in [-0.39, 0.29) is 5.91 Å². The number of hydrogen-bond acceptors (Lipinski definition) is 5. The van der Waals surface area contributed by atoms with Crippen molar-refractivity contribution >= 4 is 17.7 Å². The SMILES string of the molecule is CCOc1cc(C(=O)N2C=CSC=C2)cc(OCC)c1OCC. The lowest BCUT2D eigenvalue weighted by atomic mass is 10.1. The second-order valence-corrected chi connectivity index (χ2v) is 5.34. The van der Waals surface area contributed by atoms with Gasteiger partial charge in [-0.25, -0.2) is 0 Å². The minimum atomic E-state index is -0.150. The highest BCUT2D eigenvalue weighted by Gasteiger charge is 2.20. The summed E-state index contributed by atoms with van der Waals surface area (Å²) in [5.41, 5.74) is 0.488. The standard InChI is InChI=1S/C17H21NO4S/c1-4-20-14-11-13(17(19)18-7-9-23-10-8-18)12-15(21-5-2)16(14)22-6-3/h7-12H,4-6H2,1-3H3. The van der Waals surface area contributed by atoms with Crippen molar-refractivity contribution in [3.63, 3.8) is 0 Å². The molecule has 0 aromatic heterocycles. The van der Waals surface area contributed by atoms with Crippen LogP contribution in [0.4, 0.5) is 0 Å². The Balaban J connectivity index is 2.42. The van der Waals surface area contributed by atoms with Gasteiger partial charge in [-0.15, -0.1) is 11.8 Å². The molecule has 0 N–H and O–H groups in total.